The maximum atomic E-state index is 10.6. The van der Waals surface area contributed by atoms with E-state index in [0.717, 1.165) is 19.3 Å². The average Bonchev–Trinajstić information content (AvgIpc) is 2.26. The lowest BCUT2D eigenvalue weighted by atomic mass is 10.0. The van der Waals surface area contributed by atoms with E-state index in [1.54, 1.807) is 6.92 Å². The Morgan fingerprint density at radius 2 is 1.58 bits per heavy atom. The first-order valence-electron chi connectivity index (χ1n) is 5.94. The van der Waals surface area contributed by atoms with Gasteiger partial charge in [0.25, 0.3) is 0 Å². The zero-order chi connectivity index (χ0) is 15.5. The molecule has 0 aliphatic rings. The van der Waals surface area contributed by atoms with Crippen molar-refractivity contribution in [3.63, 3.8) is 0 Å². The number of carboxylic acids is 1. The Labute approximate surface area is 112 Å². The highest BCUT2D eigenvalue weighted by Gasteiger charge is 2.07. The fraction of sp³-hybridized carbons (Fsp3) is 0.727. The van der Waals surface area contributed by atoms with Crippen molar-refractivity contribution >= 4 is 13.8 Å². The first-order chi connectivity index (χ1) is 8.63. The lowest BCUT2D eigenvalue weighted by molar-refractivity contribution is -0.132. The second-order valence-electron chi connectivity index (χ2n) is 4.02. The molecule has 7 nitrogen and oxygen atoms in total. The second kappa shape index (κ2) is 11.1. The Hall–Kier alpha value is -0.720. The van der Waals surface area contributed by atoms with Crippen LogP contribution in [0.15, 0.2) is 11.1 Å². The van der Waals surface area contributed by atoms with Gasteiger partial charge in [0, 0.05) is 5.57 Å². The Kier molecular flexibility index (Phi) is 12.1. The molecule has 0 rings (SSSR count). The molecule has 0 aliphatic carbocycles. The van der Waals surface area contributed by atoms with Crippen LogP contribution in [-0.4, -0.2) is 37.5 Å². The number of unbranched alkanes of at least 4 members (excludes halogenated alkanes) is 3. The SMILES string of the molecule is CCCCCC/C(CO)=C(/C)C(=O)O.O=P(O)(O)O. The molecule has 0 atom stereocenters. The Balaban J connectivity index is 0. The summed E-state index contributed by atoms with van der Waals surface area (Å²) < 4.78 is 8.88. The van der Waals surface area contributed by atoms with E-state index < -0.39 is 13.8 Å². The van der Waals surface area contributed by atoms with Crippen molar-refractivity contribution in [2.75, 3.05) is 6.61 Å². The summed E-state index contributed by atoms with van der Waals surface area (Å²) in [5, 5.41) is 17.7. The number of aliphatic hydroxyl groups is 1. The molecular weight excluding hydrogens is 275 g/mol. The number of rotatable bonds is 7. The van der Waals surface area contributed by atoms with Gasteiger partial charge in [-0.25, -0.2) is 9.36 Å². The van der Waals surface area contributed by atoms with E-state index in [9.17, 15) is 4.79 Å². The topological polar surface area (TPSA) is 135 Å². The van der Waals surface area contributed by atoms with Crippen molar-refractivity contribution in [1.82, 2.24) is 0 Å². The van der Waals surface area contributed by atoms with Crippen molar-refractivity contribution in [3.8, 4) is 0 Å². The van der Waals surface area contributed by atoms with Gasteiger partial charge >= 0.3 is 13.8 Å². The summed E-state index contributed by atoms with van der Waals surface area (Å²) in [5.41, 5.74) is 0.956. The van der Waals surface area contributed by atoms with Crippen LogP contribution in [0.25, 0.3) is 0 Å². The van der Waals surface area contributed by atoms with Crippen LogP contribution >= 0.6 is 7.82 Å². The van der Waals surface area contributed by atoms with E-state index >= 15 is 0 Å². The van der Waals surface area contributed by atoms with Crippen molar-refractivity contribution in [2.45, 2.75) is 46.0 Å². The minimum atomic E-state index is -4.64. The van der Waals surface area contributed by atoms with Crippen molar-refractivity contribution < 1.29 is 34.3 Å². The molecule has 5 N–H and O–H groups in total. The first kappa shape index (κ1) is 20.6. The van der Waals surface area contributed by atoms with E-state index in [1.165, 1.54) is 6.42 Å². The maximum Gasteiger partial charge on any atom is 0.466 e. The molecule has 0 bridgehead atoms. The predicted molar refractivity (Wildman–Crippen MR) is 70.4 cm³/mol. The largest absolute Gasteiger partial charge is 0.478 e. The summed E-state index contributed by atoms with van der Waals surface area (Å²) in [6, 6.07) is 0. The van der Waals surface area contributed by atoms with E-state index in [-0.39, 0.29) is 6.61 Å². The van der Waals surface area contributed by atoms with Crippen LogP contribution in [-0.2, 0) is 9.36 Å². The third kappa shape index (κ3) is 17.3. The molecule has 114 valence electrons. The molecule has 0 fully saturated rings. The monoisotopic (exact) mass is 298 g/mol. The Morgan fingerprint density at radius 1 is 1.11 bits per heavy atom. The van der Waals surface area contributed by atoms with E-state index in [0.29, 0.717) is 17.6 Å². The quantitative estimate of drug-likeness (QED) is 0.272. The van der Waals surface area contributed by atoms with Crippen LogP contribution in [0.1, 0.15) is 46.0 Å². The maximum absolute atomic E-state index is 10.6. The predicted octanol–water partition coefficient (Wildman–Crippen LogP) is 1.42. The van der Waals surface area contributed by atoms with Crippen molar-refractivity contribution in [2.24, 2.45) is 0 Å². The number of carboxylic acid groups (broad SMARTS) is 1. The highest BCUT2D eigenvalue weighted by molar-refractivity contribution is 7.45. The summed E-state index contributed by atoms with van der Waals surface area (Å²) in [6.45, 7) is 3.54. The molecule has 0 saturated carbocycles. The summed E-state index contributed by atoms with van der Waals surface area (Å²) in [4.78, 5) is 32.2. The summed E-state index contributed by atoms with van der Waals surface area (Å²) in [6.07, 6.45) is 5.11. The average molecular weight is 298 g/mol. The second-order valence-corrected chi connectivity index (χ2v) is 5.04. The number of carbonyl (C=O) groups is 1. The Bertz CT molecular complexity index is 324. The molecule has 8 heteroatoms. The van der Waals surface area contributed by atoms with E-state index in [4.69, 9.17) is 29.5 Å². The summed E-state index contributed by atoms with van der Waals surface area (Å²) >= 11 is 0. The van der Waals surface area contributed by atoms with Crippen molar-refractivity contribution in [3.05, 3.63) is 11.1 Å². The normalized spacial score (nSPS) is 12.3. The van der Waals surface area contributed by atoms with Gasteiger partial charge in [0.15, 0.2) is 0 Å². The molecule has 0 heterocycles. The van der Waals surface area contributed by atoms with Gasteiger partial charge in [-0.05, 0) is 25.3 Å². The summed E-state index contributed by atoms with van der Waals surface area (Å²) in [7, 11) is -4.64. The zero-order valence-corrected chi connectivity index (χ0v) is 12.1. The lowest BCUT2D eigenvalue weighted by Gasteiger charge is -2.06. The van der Waals surface area contributed by atoms with Gasteiger partial charge < -0.3 is 24.9 Å². The number of aliphatic hydroxyl groups excluding tert-OH is 1. The molecule has 0 spiro atoms. The molecule has 0 radical (unpaired) electrons. The summed E-state index contributed by atoms with van der Waals surface area (Å²) in [5.74, 6) is -0.926. The first-order valence-corrected chi connectivity index (χ1v) is 7.51. The van der Waals surface area contributed by atoms with Crippen LogP contribution in [0, 0.1) is 0 Å². The molecule has 0 aliphatic heterocycles. The fourth-order valence-electron chi connectivity index (χ4n) is 1.30. The zero-order valence-electron chi connectivity index (χ0n) is 11.2. The molecule has 0 aromatic carbocycles. The molecule has 0 unspecified atom stereocenters. The van der Waals surface area contributed by atoms with Crippen LogP contribution < -0.4 is 0 Å². The van der Waals surface area contributed by atoms with Gasteiger partial charge in [0.05, 0.1) is 6.61 Å². The molecule has 0 amide bonds. The Morgan fingerprint density at radius 3 is 1.89 bits per heavy atom. The van der Waals surface area contributed by atoms with Crippen LogP contribution in [0.4, 0.5) is 0 Å². The molecule has 19 heavy (non-hydrogen) atoms. The van der Waals surface area contributed by atoms with Crippen LogP contribution in [0.3, 0.4) is 0 Å². The molecule has 0 aromatic rings. The molecule has 0 aromatic heterocycles. The van der Waals surface area contributed by atoms with Gasteiger partial charge in [-0.3, -0.25) is 0 Å². The van der Waals surface area contributed by atoms with Gasteiger partial charge in [-0.1, -0.05) is 26.2 Å². The van der Waals surface area contributed by atoms with Gasteiger partial charge in [0.2, 0.25) is 0 Å². The minimum Gasteiger partial charge on any atom is -0.478 e. The van der Waals surface area contributed by atoms with Crippen LogP contribution in [0.5, 0.6) is 0 Å². The molecular formula is C11H23O7P. The number of hydrogen-bond acceptors (Lipinski definition) is 3. The fourth-order valence-corrected chi connectivity index (χ4v) is 1.30. The highest BCUT2D eigenvalue weighted by atomic mass is 31.2. The third-order valence-corrected chi connectivity index (χ3v) is 2.37. The van der Waals surface area contributed by atoms with Crippen LogP contribution in [0.2, 0.25) is 0 Å². The number of phosphoric acid groups is 1. The number of aliphatic carboxylic acids is 1. The van der Waals surface area contributed by atoms with E-state index in [1.807, 2.05) is 0 Å². The smallest absolute Gasteiger partial charge is 0.466 e. The molecule has 0 saturated heterocycles. The van der Waals surface area contributed by atoms with Gasteiger partial charge in [-0.15, -0.1) is 0 Å². The number of hydrogen-bond donors (Lipinski definition) is 5. The third-order valence-electron chi connectivity index (χ3n) is 2.37. The van der Waals surface area contributed by atoms with E-state index in [2.05, 4.69) is 6.92 Å². The standard InChI is InChI=1S/C11H20O3.H3O4P/c1-3-4-5-6-7-10(8-12)9(2)11(13)14;1-5(2,3)4/h12H,3-8H2,1-2H3,(H,13,14);(H3,1,2,3,4)/b10-9+;. The van der Waals surface area contributed by atoms with Gasteiger partial charge in [0.1, 0.15) is 0 Å². The lowest BCUT2D eigenvalue weighted by Crippen LogP contribution is -2.04. The van der Waals surface area contributed by atoms with Crippen molar-refractivity contribution in [1.29, 1.82) is 0 Å². The highest BCUT2D eigenvalue weighted by Crippen LogP contribution is 2.25. The van der Waals surface area contributed by atoms with Gasteiger partial charge in [-0.2, -0.15) is 0 Å². The minimum absolute atomic E-state index is 0.135.